The molecule has 0 radical (unpaired) electrons. The summed E-state index contributed by atoms with van der Waals surface area (Å²) in [6.45, 7) is 2.19. The maximum Gasteiger partial charge on any atom is 0.265 e. The number of hydrogen-bond donors (Lipinski definition) is 1. The van der Waals surface area contributed by atoms with Crippen molar-refractivity contribution in [3.05, 3.63) is 29.3 Å². The fourth-order valence-corrected chi connectivity index (χ4v) is 2.20. The van der Waals surface area contributed by atoms with Crippen LogP contribution in [0, 0.1) is 0 Å². The van der Waals surface area contributed by atoms with Crippen LogP contribution in [0.25, 0.3) is 6.08 Å². The molecule has 2 amide bonds. The number of nitrogens with zero attached hydrogens (tertiary/aromatic N) is 2. The van der Waals surface area contributed by atoms with Gasteiger partial charge in [-0.1, -0.05) is 6.07 Å². The average Bonchev–Trinajstić information content (AvgIpc) is 2.51. The first-order valence-electron chi connectivity index (χ1n) is 6.64. The van der Waals surface area contributed by atoms with Gasteiger partial charge in [-0.2, -0.15) is 0 Å². The molecule has 22 heavy (non-hydrogen) atoms. The van der Waals surface area contributed by atoms with Gasteiger partial charge in [0.15, 0.2) is 16.6 Å². The molecule has 2 rings (SSSR count). The van der Waals surface area contributed by atoms with Crippen molar-refractivity contribution in [3.63, 3.8) is 0 Å². The van der Waals surface area contributed by atoms with Crippen molar-refractivity contribution in [2.24, 2.45) is 0 Å². The summed E-state index contributed by atoms with van der Waals surface area (Å²) >= 11 is 5.03. The molecule has 0 atom stereocenters. The second-order valence-electron chi connectivity index (χ2n) is 4.73. The molecule has 1 saturated heterocycles. The highest BCUT2D eigenvalue weighted by Gasteiger charge is 2.35. The van der Waals surface area contributed by atoms with Crippen molar-refractivity contribution in [2.75, 3.05) is 20.7 Å². The first-order valence-corrected chi connectivity index (χ1v) is 7.05. The molecule has 7 heteroatoms. The first kappa shape index (κ1) is 16.0. The van der Waals surface area contributed by atoms with Gasteiger partial charge in [0.2, 0.25) is 0 Å². The number of benzene rings is 1. The molecule has 0 spiro atoms. The predicted octanol–water partition coefficient (Wildman–Crippen LogP) is 1.39. The van der Waals surface area contributed by atoms with Crippen LogP contribution >= 0.6 is 12.2 Å². The third-order valence-corrected chi connectivity index (χ3v) is 3.79. The van der Waals surface area contributed by atoms with Crippen LogP contribution in [-0.2, 0) is 9.59 Å². The molecule has 0 unspecified atom stereocenters. The zero-order valence-electron chi connectivity index (χ0n) is 12.5. The molecule has 1 N–H and O–H groups in total. The van der Waals surface area contributed by atoms with E-state index in [1.165, 1.54) is 36.0 Å². The molecule has 0 bridgehead atoms. The Morgan fingerprint density at radius 1 is 1.23 bits per heavy atom. The van der Waals surface area contributed by atoms with Gasteiger partial charge in [-0.25, -0.2) is 0 Å². The molecule has 0 aliphatic carbocycles. The molecule has 1 aliphatic heterocycles. The van der Waals surface area contributed by atoms with Gasteiger partial charge in [-0.15, -0.1) is 0 Å². The molecule has 0 saturated carbocycles. The highest BCUT2D eigenvalue weighted by molar-refractivity contribution is 7.80. The van der Waals surface area contributed by atoms with Gasteiger partial charge in [-0.05, 0) is 42.9 Å². The summed E-state index contributed by atoms with van der Waals surface area (Å²) in [4.78, 5) is 26.9. The molecule has 1 aromatic rings. The molecule has 6 nitrogen and oxygen atoms in total. The van der Waals surface area contributed by atoms with Crippen molar-refractivity contribution < 1.29 is 19.4 Å². The Bertz CT molecular complexity index is 658. The summed E-state index contributed by atoms with van der Waals surface area (Å²) in [6, 6.07) is 4.62. The quantitative estimate of drug-likeness (QED) is 0.518. The summed E-state index contributed by atoms with van der Waals surface area (Å²) in [5.41, 5.74) is 0.583. The Morgan fingerprint density at radius 3 is 2.36 bits per heavy atom. The second kappa shape index (κ2) is 6.15. The van der Waals surface area contributed by atoms with Gasteiger partial charge in [0.1, 0.15) is 5.57 Å². The van der Waals surface area contributed by atoms with E-state index >= 15 is 0 Å². The number of likely N-dealkylation sites (N-methyl/N-ethyl adjacent to an activating group) is 2. The maximum absolute atomic E-state index is 12.2. The Kier molecular flexibility index (Phi) is 4.46. The van der Waals surface area contributed by atoms with E-state index < -0.39 is 11.8 Å². The van der Waals surface area contributed by atoms with Gasteiger partial charge >= 0.3 is 0 Å². The minimum atomic E-state index is -0.459. The van der Waals surface area contributed by atoms with Crippen LogP contribution in [0.1, 0.15) is 12.5 Å². The highest BCUT2D eigenvalue weighted by Crippen LogP contribution is 2.28. The molecular weight excluding hydrogens is 304 g/mol. The number of amides is 2. The average molecular weight is 320 g/mol. The standard InChI is InChI=1S/C15H16N2O4S/c1-4-21-12-8-9(5-6-11(12)18)7-10-13(19)16(2)15(22)17(3)14(10)20/h5-8,18H,4H2,1-3H3. The van der Waals surface area contributed by atoms with Crippen molar-refractivity contribution in [1.29, 1.82) is 0 Å². The number of carbonyl (C=O) groups is 2. The van der Waals surface area contributed by atoms with Crippen molar-refractivity contribution >= 4 is 35.2 Å². The largest absolute Gasteiger partial charge is 0.504 e. The SMILES string of the molecule is CCOc1cc(C=C2C(=O)N(C)C(=S)N(C)C2=O)ccc1O. The third-order valence-electron chi connectivity index (χ3n) is 3.24. The van der Waals surface area contributed by atoms with Gasteiger partial charge in [0.25, 0.3) is 11.8 Å². The lowest BCUT2D eigenvalue weighted by Gasteiger charge is -2.31. The minimum absolute atomic E-state index is 0.000658. The van der Waals surface area contributed by atoms with E-state index in [9.17, 15) is 14.7 Å². The normalized spacial score (nSPS) is 15.4. The summed E-state index contributed by atoms with van der Waals surface area (Å²) < 4.78 is 5.29. The molecule has 1 aliphatic rings. The summed E-state index contributed by atoms with van der Waals surface area (Å²) in [7, 11) is 3.04. The van der Waals surface area contributed by atoms with Crippen LogP contribution in [0.3, 0.4) is 0 Å². The fraction of sp³-hybridized carbons (Fsp3) is 0.267. The fourth-order valence-electron chi connectivity index (χ4n) is 2.03. The maximum atomic E-state index is 12.2. The second-order valence-corrected chi connectivity index (χ2v) is 5.09. The van der Waals surface area contributed by atoms with Gasteiger partial charge in [0.05, 0.1) is 6.61 Å². The summed E-state index contributed by atoms with van der Waals surface area (Å²) in [5.74, 6) is -0.622. The molecular formula is C15H16N2O4S. The van der Waals surface area contributed by atoms with Crippen LogP contribution < -0.4 is 4.74 Å². The number of phenolic OH excluding ortho intramolecular Hbond substituents is 1. The summed E-state index contributed by atoms with van der Waals surface area (Å²) in [6.07, 6.45) is 1.46. The van der Waals surface area contributed by atoms with E-state index in [1.807, 2.05) is 0 Å². The van der Waals surface area contributed by atoms with E-state index in [4.69, 9.17) is 17.0 Å². The Morgan fingerprint density at radius 2 is 1.82 bits per heavy atom. The molecule has 1 aromatic carbocycles. The molecule has 0 aromatic heterocycles. The van der Waals surface area contributed by atoms with Crippen LogP contribution in [0.15, 0.2) is 23.8 Å². The first-order chi connectivity index (χ1) is 10.4. The number of hydrogen-bond acceptors (Lipinski definition) is 5. The van der Waals surface area contributed by atoms with Crippen LogP contribution in [0.5, 0.6) is 11.5 Å². The van der Waals surface area contributed by atoms with Crippen LogP contribution in [-0.4, -0.2) is 52.5 Å². The van der Waals surface area contributed by atoms with Crippen LogP contribution in [0.2, 0.25) is 0 Å². The lowest BCUT2D eigenvalue weighted by molar-refractivity contribution is -0.132. The number of aromatic hydroxyl groups is 1. The number of thiocarbonyl (C=S) groups is 1. The van der Waals surface area contributed by atoms with Crippen molar-refractivity contribution in [2.45, 2.75) is 6.92 Å². The van der Waals surface area contributed by atoms with Gasteiger partial charge < -0.3 is 9.84 Å². The Labute approximate surface area is 133 Å². The van der Waals surface area contributed by atoms with E-state index in [-0.39, 0.29) is 16.4 Å². The van der Waals surface area contributed by atoms with Crippen LogP contribution in [0.4, 0.5) is 0 Å². The molecule has 116 valence electrons. The monoisotopic (exact) mass is 320 g/mol. The van der Waals surface area contributed by atoms with Gasteiger partial charge in [0, 0.05) is 14.1 Å². The minimum Gasteiger partial charge on any atom is -0.504 e. The Hall–Kier alpha value is -2.41. The highest BCUT2D eigenvalue weighted by atomic mass is 32.1. The topological polar surface area (TPSA) is 70.1 Å². The van der Waals surface area contributed by atoms with E-state index in [2.05, 4.69) is 0 Å². The van der Waals surface area contributed by atoms with E-state index in [0.29, 0.717) is 17.9 Å². The zero-order valence-corrected chi connectivity index (χ0v) is 13.3. The molecule has 1 fully saturated rings. The van der Waals surface area contributed by atoms with E-state index in [0.717, 1.165) is 0 Å². The number of carbonyl (C=O) groups excluding carboxylic acids is 2. The predicted molar refractivity (Wildman–Crippen MR) is 85.4 cm³/mol. The Balaban J connectivity index is 2.43. The number of phenols is 1. The lowest BCUT2D eigenvalue weighted by Crippen LogP contribution is -2.52. The number of rotatable bonds is 3. The third kappa shape index (κ3) is 2.80. The molecule has 1 heterocycles. The smallest absolute Gasteiger partial charge is 0.265 e. The van der Waals surface area contributed by atoms with Crippen molar-refractivity contribution in [1.82, 2.24) is 9.80 Å². The van der Waals surface area contributed by atoms with Crippen molar-refractivity contribution in [3.8, 4) is 11.5 Å². The lowest BCUT2D eigenvalue weighted by atomic mass is 10.1. The van der Waals surface area contributed by atoms with E-state index in [1.54, 1.807) is 19.1 Å². The number of ether oxygens (including phenoxy) is 1. The zero-order chi connectivity index (χ0) is 16.4. The van der Waals surface area contributed by atoms with Gasteiger partial charge in [-0.3, -0.25) is 19.4 Å². The summed E-state index contributed by atoms with van der Waals surface area (Å²) in [5, 5.41) is 9.84.